The zero-order chi connectivity index (χ0) is 27.1. The van der Waals surface area contributed by atoms with Gasteiger partial charge in [0.2, 0.25) is 29.5 Å². The zero-order valence-corrected chi connectivity index (χ0v) is 19.5. The summed E-state index contributed by atoms with van der Waals surface area (Å²) in [5.74, 6) is -5.27. The van der Waals surface area contributed by atoms with Crippen molar-refractivity contribution in [3.05, 3.63) is 0 Å². The van der Waals surface area contributed by atoms with Gasteiger partial charge in [-0.25, -0.2) is 4.79 Å². The minimum Gasteiger partial charge on any atom is -0.480 e. The number of carbonyl (C=O) groups is 6. The van der Waals surface area contributed by atoms with Crippen molar-refractivity contribution in [3.63, 3.8) is 0 Å². The van der Waals surface area contributed by atoms with Crippen molar-refractivity contribution in [1.82, 2.24) is 16.0 Å². The molecule has 0 spiro atoms. The van der Waals surface area contributed by atoms with E-state index in [2.05, 4.69) is 20.9 Å². The first kappa shape index (κ1) is 31.0. The quantitative estimate of drug-likeness (QED) is 0.0522. The van der Waals surface area contributed by atoms with Crippen LogP contribution in [0.25, 0.3) is 0 Å². The molecule has 0 aliphatic rings. The first-order valence-corrected chi connectivity index (χ1v) is 10.8. The van der Waals surface area contributed by atoms with Crippen LogP contribution in [-0.4, -0.2) is 77.3 Å². The molecule has 0 heterocycles. The van der Waals surface area contributed by atoms with Gasteiger partial charge in [-0.15, -0.1) is 0 Å². The Labute approximate surface area is 201 Å². The van der Waals surface area contributed by atoms with Gasteiger partial charge in [0.1, 0.15) is 18.1 Å². The van der Waals surface area contributed by atoms with Gasteiger partial charge in [0.25, 0.3) is 0 Å². The number of carboxylic acid groups (broad SMARTS) is 1. The van der Waals surface area contributed by atoms with E-state index in [1.165, 1.54) is 6.92 Å². The monoisotopic (exact) mass is 501 g/mol. The Morgan fingerprint density at radius 2 is 1.31 bits per heavy atom. The molecule has 0 bridgehead atoms. The summed E-state index contributed by atoms with van der Waals surface area (Å²) in [5.41, 5.74) is 26.2. The Morgan fingerprint density at radius 1 is 0.771 bits per heavy atom. The summed E-state index contributed by atoms with van der Waals surface area (Å²) in [6, 6.07) is -4.88. The standard InChI is InChI=1S/C19H35N9O7/c1-9(26-16(32)10(20)4-6-13(21)29)15(31)27-11(5-7-14(22)30)17(33)28-12(18(34)35)3-2-8-25-19(23)24/h9-12H,2-8,20H2,1H3,(H2,21,29)(H2,22,30)(H,26,32)(H,27,31)(H,28,33)(H,34,35)(H4,23,24,25). The van der Waals surface area contributed by atoms with Gasteiger partial charge in [-0.05, 0) is 32.6 Å². The number of carboxylic acids is 1. The molecule has 35 heavy (non-hydrogen) atoms. The van der Waals surface area contributed by atoms with Gasteiger partial charge in [0.15, 0.2) is 5.96 Å². The topological polar surface area (TPSA) is 301 Å². The van der Waals surface area contributed by atoms with Crippen molar-refractivity contribution >= 4 is 41.5 Å². The molecular weight excluding hydrogens is 466 g/mol. The van der Waals surface area contributed by atoms with Crippen LogP contribution in [0.4, 0.5) is 0 Å². The van der Waals surface area contributed by atoms with Crippen molar-refractivity contribution in [3.8, 4) is 0 Å². The van der Waals surface area contributed by atoms with Gasteiger partial charge >= 0.3 is 5.97 Å². The molecule has 0 saturated carbocycles. The second-order valence-electron chi connectivity index (χ2n) is 7.76. The highest BCUT2D eigenvalue weighted by Crippen LogP contribution is 2.04. The first-order valence-electron chi connectivity index (χ1n) is 10.8. The molecule has 14 N–H and O–H groups in total. The minimum absolute atomic E-state index is 0.00993. The fourth-order valence-electron chi connectivity index (χ4n) is 2.70. The molecule has 0 aromatic carbocycles. The SMILES string of the molecule is CC(NC(=O)C(N)CCC(N)=O)C(=O)NC(CCC(N)=O)C(=O)NC(CCCN=C(N)N)C(=O)O. The van der Waals surface area contributed by atoms with Crippen molar-refractivity contribution in [2.75, 3.05) is 6.54 Å². The summed E-state index contributed by atoms with van der Waals surface area (Å²) in [5, 5.41) is 16.4. The molecule has 4 unspecified atom stereocenters. The number of nitrogens with one attached hydrogen (secondary N) is 3. The number of aliphatic imine (C=N–C) groups is 1. The lowest BCUT2D eigenvalue weighted by atomic mass is 10.1. The Hall–Kier alpha value is -3.95. The molecule has 16 nitrogen and oxygen atoms in total. The van der Waals surface area contributed by atoms with Crippen molar-refractivity contribution < 1.29 is 33.9 Å². The van der Waals surface area contributed by atoms with Gasteiger partial charge in [-0.3, -0.25) is 29.0 Å². The summed E-state index contributed by atoms with van der Waals surface area (Å²) in [6.07, 6.45) is -0.415. The van der Waals surface area contributed by atoms with Gasteiger partial charge in [0, 0.05) is 19.4 Å². The second kappa shape index (κ2) is 15.8. The van der Waals surface area contributed by atoms with Gasteiger partial charge in [0.05, 0.1) is 6.04 Å². The van der Waals surface area contributed by atoms with Crippen LogP contribution in [0.5, 0.6) is 0 Å². The summed E-state index contributed by atoms with van der Waals surface area (Å²) >= 11 is 0. The fourth-order valence-corrected chi connectivity index (χ4v) is 2.70. The third-order valence-corrected chi connectivity index (χ3v) is 4.66. The number of carbonyl (C=O) groups excluding carboxylic acids is 5. The molecular formula is C19H35N9O7. The zero-order valence-electron chi connectivity index (χ0n) is 19.5. The second-order valence-corrected chi connectivity index (χ2v) is 7.76. The lowest BCUT2D eigenvalue weighted by Gasteiger charge is -2.23. The van der Waals surface area contributed by atoms with E-state index in [1.54, 1.807) is 0 Å². The Morgan fingerprint density at radius 3 is 1.83 bits per heavy atom. The summed E-state index contributed by atoms with van der Waals surface area (Å²) in [6.45, 7) is 1.46. The third-order valence-electron chi connectivity index (χ3n) is 4.66. The average molecular weight is 502 g/mol. The van der Waals surface area contributed by atoms with E-state index in [0.29, 0.717) is 0 Å². The molecule has 0 aromatic rings. The van der Waals surface area contributed by atoms with E-state index in [1.807, 2.05) is 0 Å². The predicted octanol–water partition coefficient (Wildman–Crippen LogP) is -4.54. The first-order chi connectivity index (χ1) is 16.2. The molecule has 0 saturated heterocycles. The van der Waals surface area contributed by atoms with Crippen LogP contribution in [-0.2, 0) is 28.8 Å². The smallest absolute Gasteiger partial charge is 0.326 e. The number of primary amides is 2. The number of hydrogen-bond acceptors (Lipinski definition) is 8. The summed E-state index contributed by atoms with van der Waals surface area (Å²) in [7, 11) is 0. The number of hydrogen-bond donors (Lipinski definition) is 9. The molecule has 5 amide bonds. The van der Waals surface area contributed by atoms with E-state index < -0.39 is 59.7 Å². The van der Waals surface area contributed by atoms with Crippen LogP contribution < -0.4 is 44.6 Å². The van der Waals surface area contributed by atoms with Gasteiger partial charge in [-0.1, -0.05) is 0 Å². The number of rotatable bonds is 17. The van der Waals surface area contributed by atoms with E-state index in [9.17, 15) is 33.9 Å². The highest BCUT2D eigenvalue weighted by Gasteiger charge is 2.29. The highest BCUT2D eigenvalue weighted by molar-refractivity contribution is 5.94. The molecule has 198 valence electrons. The number of amides is 5. The van der Waals surface area contributed by atoms with Gasteiger partial charge < -0.3 is 49.7 Å². The fraction of sp³-hybridized carbons (Fsp3) is 0.632. The van der Waals surface area contributed by atoms with Crippen LogP contribution in [0.3, 0.4) is 0 Å². The van der Waals surface area contributed by atoms with Crippen molar-refractivity contribution in [1.29, 1.82) is 0 Å². The molecule has 4 atom stereocenters. The van der Waals surface area contributed by atoms with Crippen molar-refractivity contribution in [2.24, 2.45) is 33.7 Å². The minimum atomic E-state index is -1.33. The maximum Gasteiger partial charge on any atom is 0.326 e. The number of guanidine groups is 1. The lowest BCUT2D eigenvalue weighted by molar-refractivity contribution is -0.142. The van der Waals surface area contributed by atoms with E-state index in [-0.39, 0.29) is 51.0 Å². The maximum absolute atomic E-state index is 12.7. The molecule has 0 fully saturated rings. The summed E-state index contributed by atoms with van der Waals surface area (Å²) < 4.78 is 0. The largest absolute Gasteiger partial charge is 0.480 e. The number of nitrogens with two attached hydrogens (primary N) is 5. The molecule has 0 rings (SSSR count). The van der Waals surface area contributed by atoms with Gasteiger partial charge in [-0.2, -0.15) is 0 Å². The molecule has 0 aliphatic heterocycles. The average Bonchev–Trinajstić information content (AvgIpc) is 2.75. The van der Waals surface area contributed by atoms with E-state index in [0.717, 1.165) is 0 Å². The Bertz CT molecular complexity index is 814. The van der Waals surface area contributed by atoms with Crippen LogP contribution in [0, 0.1) is 0 Å². The van der Waals surface area contributed by atoms with Crippen LogP contribution in [0.1, 0.15) is 45.4 Å². The molecule has 16 heteroatoms. The highest BCUT2D eigenvalue weighted by atomic mass is 16.4. The summed E-state index contributed by atoms with van der Waals surface area (Å²) in [4.78, 5) is 74.6. The normalized spacial score (nSPS) is 13.9. The number of aliphatic carboxylic acids is 1. The molecule has 0 radical (unpaired) electrons. The Kier molecular flexibility index (Phi) is 14.0. The number of nitrogens with zero attached hydrogens (tertiary/aromatic N) is 1. The van der Waals surface area contributed by atoms with Crippen LogP contribution in [0.2, 0.25) is 0 Å². The Balaban J connectivity index is 5.16. The lowest BCUT2D eigenvalue weighted by Crippen LogP contribution is -2.56. The van der Waals surface area contributed by atoms with E-state index >= 15 is 0 Å². The molecule has 0 aromatic heterocycles. The van der Waals surface area contributed by atoms with Crippen molar-refractivity contribution in [2.45, 2.75) is 69.6 Å². The van der Waals surface area contributed by atoms with Crippen LogP contribution >= 0.6 is 0 Å². The predicted molar refractivity (Wildman–Crippen MR) is 124 cm³/mol. The molecule has 0 aliphatic carbocycles. The third kappa shape index (κ3) is 14.0. The maximum atomic E-state index is 12.7. The van der Waals surface area contributed by atoms with E-state index in [4.69, 9.17) is 28.7 Å². The van der Waals surface area contributed by atoms with Crippen LogP contribution in [0.15, 0.2) is 4.99 Å².